The van der Waals surface area contributed by atoms with Crippen LogP contribution >= 0.6 is 0 Å². The number of nitrogen functional groups attached to an aromatic ring is 1. The van der Waals surface area contributed by atoms with Crippen LogP contribution in [-0.4, -0.2) is 19.2 Å². The molecule has 0 aromatic heterocycles. The minimum atomic E-state index is -4.02. The third-order valence-corrected chi connectivity index (χ3v) is 7.33. The van der Waals surface area contributed by atoms with Gasteiger partial charge >= 0.3 is 0 Å². The van der Waals surface area contributed by atoms with Gasteiger partial charge in [0.2, 0.25) is 0 Å². The van der Waals surface area contributed by atoms with Crippen LogP contribution in [0.2, 0.25) is 0 Å². The molecule has 32 heavy (non-hydrogen) atoms. The molecule has 0 aliphatic carbocycles. The molecule has 6 nitrogen and oxygen atoms in total. The van der Waals surface area contributed by atoms with Crippen LogP contribution in [0.5, 0.6) is 0 Å². The summed E-state index contributed by atoms with van der Waals surface area (Å²) in [4.78, 5) is 15.4. The molecule has 3 aromatic rings. The summed E-state index contributed by atoms with van der Waals surface area (Å²) in [6.45, 7) is 7.32. The Hall–Kier alpha value is -3.16. The number of sulfonamides is 1. The molecule has 1 atom stereocenters. The highest BCUT2D eigenvalue weighted by molar-refractivity contribution is 7.90. The summed E-state index contributed by atoms with van der Waals surface area (Å²) < 4.78 is 28.0. The van der Waals surface area contributed by atoms with E-state index in [2.05, 4.69) is 37.6 Å². The second kappa shape index (κ2) is 8.41. The summed E-state index contributed by atoms with van der Waals surface area (Å²) >= 11 is 0. The van der Waals surface area contributed by atoms with Gasteiger partial charge in [0.1, 0.15) is 6.04 Å². The Balaban J connectivity index is 0.00000306. The van der Waals surface area contributed by atoms with Crippen molar-refractivity contribution in [2.45, 2.75) is 44.8 Å². The minimum absolute atomic E-state index is 0. The van der Waals surface area contributed by atoms with Crippen molar-refractivity contribution < 1.29 is 14.6 Å². The monoisotopic (exact) mass is 451 g/mol. The molecular weight excluding hydrogens is 422 g/mol. The molecule has 0 fully saturated rings. The summed E-state index contributed by atoms with van der Waals surface area (Å²) in [5.41, 5.74) is 12.6. The number of nitrogens with two attached hydrogens (primary N) is 1. The van der Waals surface area contributed by atoms with Crippen molar-refractivity contribution >= 4 is 21.6 Å². The van der Waals surface area contributed by atoms with Gasteiger partial charge in [-0.05, 0) is 72.9 Å². The summed E-state index contributed by atoms with van der Waals surface area (Å²) in [5.74, 6) is -0.561. The van der Waals surface area contributed by atoms with Crippen molar-refractivity contribution in [3.63, 3.8) is 0 Å². The molecule has 1 aliphatic heterocycles. The second-order valence-corrected chi connectivity index (χ2v) is 10.1. The highest BCUT2D eigenvalue weighted by Crippen LogP contribution is 2.36. The minimum Gasteiger partial charge on any atom is -0.399 e. The van der Waals surface area contributed by atoms with Crippen molar-refractivity contribution in [3.8, 4) is 0 Å². The zero-order valence-corrected chi connectivity index (χ0v) is 19.2. The molecular formula is C25H29N3O3S. The van der Waals surface area contributed by atoms with Gasteiger partial charge in [-0.3, -0.25) is 9.69 Å². The van der Waals surface area contributed by atoms with Crippen molar-refractivity contribution in [1.82, 2.24) is 9.62 Å². The molecule has 3 aromatic carbocycles. The van der Waals surface area contributed by atoms with Crippen LogP contribution in [0.4, 0.5) is 5.69 Å². The Morgan fingerprint density at radius 2 is 1.69 bits per heavy atom. The highest BCUT2D eigenvalue weighted by Gasteiger charge is 2.37. The maximum atomic E-state index is 13.3. The first-order valence-corrected chi connectivity index (χ1v) is 11.9. The fourth-order valence-electron chi connectivity index (χ4n) is 4.46. The number of aryl methyl sites for hydroxylation is 3. The number of rotatable bonds is 5. The third-order valence-electron chi connectivity index (χ3n) is 5.96. The molecule has 1 unspecified atom stereocenters. The number of carbonyl (C=O) groups is 1. The van der Waals surface area contributed by atoms with Crippen LogP contribution in [-0.2, 0) is 27.9 Å². The molecule has 0 spiro atoms. The van der Waals surface area contributed by atoms with Gasteiger partial charge in [-0.2, -0.15) is 0 Å². The first-order valence-electron chi connectivity index (χ1n) is 10.5. The quantitative estimate of drug-likeness (QED) is 0.572. The number of hydrogen-bond donors (Lipinski definition) is 2. The molecule has 1 aliphatic rings. The number of anilines is 1. The van der Waals surface area contributed by atoms with Gasteiger partial charge in [0.25, 0.3) is 15.9 Å². The maximum absolute atomic E-state index is 13.3. The van der Waals surface area contributed by atoms with Crippen LogP contribution in [0, 0.1) is 20.8 Å². The number of nitrogens with zero attached hydrogens (tertiary/aromatic N) is 1. The molecule has 0 bridgehead atoms. The molecule has 3 N–H and O–H groups in total. The maximum Gasteiger partial charge on any atom is 0.264 e. The van der Waals surface area contributed by atoms with Gasteiger partial charge in [0.15, 0.2) is 0 Å². The lowest BCUT2D eigenvalue weighted by Crippen LogP contribution is -2.39. The Kier molecular flexibility index (Phi) is 5.79. The number of amides is 1. The van der Waals surface area contributed by atoms with Crippen LogP contribution in [0.3, 0.4) is 0 Å². The van der Waals surface area contributed by atoms with E-state index in [0.717, 1.165) is 27.8 Å². The third kappa shape index (κ3) is 4.26. The Labute approximate surface area is 190 Å². The summed E-state index contributed by atoms with van der Waals surface area (Å²) in [7, 11) is -4.02. The fraction of sp³-hybridized carbons (Fsp3) is 0.240. The SMILES string of the molecule is Cc1cc(C)c(CN2Cc3ccccc3C2C(=O)NS(=O)(=O)c2ccc(N)cc2)c(C)c1.[HH]. The zero-order chi connectivity index (χ0) is 23.0. The van der Waals surface area contributed by atoms with Gasteiger partial charge in [0.05, 0.1) is 4.90 Å². The lowest BCUT2D eigenvalue weighted by Gasteiger charge is -2.26. The normalized spacial score (nSPS) is 16.0. The van der Waals surface area contributed by atoms with E-state index in [1.165, 1.54) is 29.8 Å². The standard InChI is InChI=1S/C25H27N3O3S.H2/c1-16-12-17(2)23(18(3)13-16)15-28-14-19-6-4-5-7-22(19)24(28)25(29)27-32(30,31)21-10-8-20(26)9-11-21;/h4-13,24H,14-15,26H2,1-3H3,(H,27,29);1H. The van der Waals surface area contributed by atoms with Gasteiger partial charge in [0, 0.05) is 20.2 Å². The molecule has 1 heterocycles. The highest BCUT2D eigenvalue weighted by atomic mass is 32.2. The van der Waals surface area contributed by atoms with E-state index in [-0.39, 0.29) is 6.32 Å². The lowest BCUT2D eigenvalue weighted by atomic mass is 9.99. The Morgan fingerprint density at radius 1 is 1.06 bits per heavy atom. The number of carbonyl (C=O) groups excluding carboxylic acids is 1. The smallest absolute Gasteiger partial charge is 0.264 e. The second-order valence-electron chi connectivity index (χ2n) is 8.42. The summed E-state index contributed by atoms with van der Waals surface area (Å²) in [6, 6.07) is 17.0. The molecule has 0 saturated heterocycles. The molecule has 0 radical (unpaired) electrons. The lowest BCUT2D eigenvalue weighted by molar-refractivity contribution is -0.124. The molecule has 4 rings (SSSR count). The summed E-state index contributed by atoms with van der Waals surface area (Å²) in [5, 5.41) is 0. The van der Waals surface area contributed by atoms with Gasteiger partial charge in [-0.1, -0.05) is 42.0 Å². The van der Waals surface area contributed by atoms with Crippen LogP contribution in [0.1, 0.15) is 40.8 Å². The van der Waals surface area contributed by atoms with Crippen molar-refractivity contribution in [2.75, 3.05) is 5.73 Å². The fourth-order valence-corrected chi connectivity index (χ4v) is 5.45. The first-order chi connectivity index (χ1) is 15.2. The predicted octanol–water partition coefficient (Wildman–Crippen LogP) is 4.00. The average molecular weight is 452 g/mol. The molecule has 0 saturated carbocycles. The largest absolute Gasteiger partial charge is 0.399 e. The van der Waals surface area contributed by atoms with E-state index in [1.807, 2.05) is 29.2 Å². The topological polar surface area (TPSA) is 92.5 Å². The van der Waals surface area contributed by atoms with Crippen LogP contribution in [0.25, 0.3) is 0 Å². The predicted molar refractivity (Wildman–Crippen MR) is 127 cm³/mol. The van der Waals surface area contributed by atoms with Crippen molar-refractivity contribution in [2.24, 2.45) is 0 Å². The van der Waals surface area contributed by atoms with Crippen molar-refractivity contribution in [3.05, 3.63) is 94.0 Å². The number of fused-ring (bicyclic) bond motifs is 1. The van der Waals surface area contributed by atoms with Crippen LogP contribution < -0.4 is 10.5 Å². The van der Waals surface area contributed by atoms with E-state index < -0.39 is 22.0 Å². The Bertz CT molecular complexity index is 1270. The molecule has 1 amide bonds. The first kappa shape index (κ1) is 22.0. The van der Waals surface area contributed by atoms with Gasteiger partial charge in [-0.25, -0.2) is 13.1 Å². The summed E-state index contributed by atoms with van der Waals surface area (Å²) in [6.07, 6.45) is 0. The zero-order valence-electron chi connectivity index (χ0n) is 18.4. The number of nitrogens with one attached hydrogen (secondary N) is 1. The average Bonchev–Trinajstić information content (AvgIpc) is 3.09. The molecule has 168 valence electrons. The van der Waals surface area contributed by atoms with E-state index in [4.69, 9.17) is 5.73 Å². The number of hydrogen-bond acceptors (Lipinski definition) is 5. The van der Waals surface area contributed by atoms with Gasteiger partial charge < -0.3 is 5.73 Å². The van der Waals surface area contributed by atoms with Crippen LogP contribution in [0.15, 0.2) is 65.6 Å². The number of benzene rings is 3. The Morgan fingerprint density at radius 3 is 2.34 bits per heavy atom. The van der Waals surface area contributed by atoms with E-state index in [9.17, 15) is 13.2 Å². The van der Waals surface area contributed by atoms with Crippen molar-refractivity contribution in [1.29, 1.82) is 0 Å². The van der Waals surface area contributed by atoms with E-state index in [1.54, 1.807) is 0 Å². The van der Waals surface area contributed by atoms with E-state index >= 15 is 0 Å². The van der Waals surface area contributed by atoms with Gasteiger partial charge in [-0.15, -0.1) is 0 Å². The van der Waals surface area contributed by atoms with E-state index in [0.29, 0.717) is 18.8 Å². The molecule has 7 heteroatoms.